The van der Waals surface area contributed by atoms with Crippen molar-refractivity contribution >= 4 is 34.9 Å². The maximum absolute atomic E-state index is 10.1. The second-order valence-electron chi connectivity index (χ2n) is 7.38. The van der Waals surface area contributed by atoms with Crippen molar-refractivity contribution in [3.63, 3.8) is 0 Å². The van der Waals surface area contributed by atoms with Gasteiger partial charge in [0.1, 0.15) is 5.75 Å². The molecule has 0 unspecified atom stereocenters. The van der Waals surface area contributed by atoms with Crippen LogP contribution in [0.2, 0.25) is 5.02 Å². The lowest BCUT2D eigenvalue weighted by molar-refractivity contribution is 0.329. The summed E-state index contributed by atoms with van der Waals surface area (Å²) >= 11 is 7.91. The number of halogens is 1. The van der Waals surface area contributed by atoms with Crippen LogP contribution in [0.4, 0.5) is 11.4 Å². The summed E-state index contributed by atoms with van der Waals surface area (Å²) in [6.07, 6.45) is 7.03. The Morgan fingerprint density at radius 3 is 2.41 bits per heavy atom. The van der Waals surface area contributed by atoms with Gasteiger partial charge in [-0.3, -0.25) is 4.72 Å². The number of nitrogens with one attached hydrogen (secondary N) is 1. The van der Waals surface area contributed by atoms with Crippen molar-refractivity contribution in [2.75, 3.05) is 11.4 Å². The molecule has 0 spiro atoms. The van der Waals surface area contributed by atoms with Gasteiger partial charge in [-0.25, -0.2) is 0 Å². The van der Waals surface area contributed by atoms with Gasteiger partial charge in [-0.05, 0) is 49.1 Å². The average Bonchev–Trinajstić information content (AvgIpc) is 2.84. The second-order valence-corrected chi connectivity index (χ2v) is 8.64. The zero-order valence-electron chi connectivity index (χ0n) is 16.2. The number of phenols is 1. The molecule has 2 N–H and O–H groups in total. The van der Waals surface area contributed by atoms with E-state index in [1.807, 2.05) is 12.1 Å². The number of hydrogen-bond acceptors (Lipinski definition) is 4. The molecule has 1 aliphatic rings. The predicted molar refractivity (Wildman–Crippen MR) is 117 cm³/mol. The van der Waals surface area contributed by atoms with Crippen molar-refractivity contribution in [3.8, 4) is 5.75 Å². The van der Waals surface area contributed by atoms with Crippen molar-refractivity contribution in [2.45, 2.75) is 62.8 Å². The molecular formula is C22H29ClN2OS. The summed E-state index contributed by atoms with van der Waals surface area (Å²) in [5.74, 6) is 0.132. The van der Waals surface area contributed by atoms with Gasteiger partial charge in [0.2, 0.25) is 0 Å². The molecule has 0 aliphatic carbocycles. The van der Waals surface area contributed by atoms with Crippen LogP contribution >= 0.6 is 23.5 Å². The van der Waals surface area contributed by atoms with E-state index in [9.17, 15) is 5.11 Å². The van der Waals surface area contributed by atoms with Crippen LogP contribution in [0.3, 0.4) is 0 Å². The first-order valence-electron chi connectivity index (χ1n) is 9.87. The number of anilines is 2. The molecule has 0 atom stereocenters. The van der Waals surface area contributed by atoms with E-state index in [1.165, 1.54) is 25.7 Å². The lowest BCUT2D eigenvalue weighted by Gasteiger charge is -2.38. The van der Waals surface area contributed by atoms with Gasteiger partial charge in [-0.2, -0.15) is 0 Å². The molecule has 0 radical (unpaired) electrons. The minimum atomic E-state index is 0.0215. The Labute approximate surface area is 172 Å². The number of aromatic hydroxyl groups is 1. The Morgan fingerprint density at radius 1 is 1.11 bits per heavy atom. The second kappa shape index (κ2) is 9.22. The molecule has 2 aromatic carbocycles. The fourth-order valence-electron chi connectivity index (χ4n) is 3.66. The van der Waals surface area contributed by atoms with Crippen LogP contribution in [0.1, 0.15) is 52.4 Å². The lowest BCUT2D eigenvalue weighted by Crippen LogP contribution is -2.49. The van der Waals surface area contributed by atoms with Gasteiger partial charge in [-0.1, -0.05) is 69.3 Å². The third-order valence-electron chi connectivity index (χ3n) is 5.24. The topological polar surface area (TPSA) is 35.5 Å². The smallest absolute Gasteiger partial charge is 0.135 e. The number of rotatable bonds is 7. The molecule has 3 rings (SSSR count). The van der Waals surface area contributed by atoms with E-state index in [2.05, 4.69) is 47.7 Å². The first-order chi connectivity index (χ1) is 13.1. The number of benzene rings is 2. The molecular weight excluding hydrogens is 376 g/mol. The maximum Gasteiger partial charge on any atom is 0.135 e. The van der Waals surface area contributed by atoms with Crippen LogP contribution in [-0.4, -0.2) is 17.2 Å². The van der Waals surface area contributed by atoms with Crippen molar-refractivity contribution in [3.05, 3.63) is 47.5 Å². The normalized spacial score (nSPS) is 16.0. The Morgan fingerprint density at radius 2 is 1.78 bits per heavy atom. The van der Waals surface area contributed by atoms with E-state index < -0.39 is 0 Å². The molecule has 0 fully saturated rings. The molecule has 1 aliphatic heterocycles. The maximum atomic E-state index is 10.1. The van der Waals surface area contributed by atoms with Crippen molar-refractivity contribution in [1.82, 2.24) is 4.72 Å². The molecule has 2 aromatic rings. The first kappa shape index (κ1) is 20.4. The van der Waals surface area contributed by atoms with Gasteiger partial charge in [0.25, 0.3) is 0 Å². The van der Waals surface area contributed by atoms with E-state index in [0.29, 0.717) is 5.02 Å². The van der Waals surface area contributed by atoms with Crippen molar-refractivity contribution < 1.29 is 5.11 Å². The molecule has 1 heterocycles. The highest BCUT2D eigenvalue weighted by Crippen LogP contribution is 2.44. The van der Waals surface area contributed by atoms with Gasteiger partial charge >= 0.3 is 0 Å². The number of fused-ring (bicyclic) bond motifs is 1. The molecule has 0 aromatic heterocycles. The summed E-state index contributed by atoms with van der Waals surface area (Å²) in [7, 11) is 0. The van der Waals surface area contributed by atoms with Crippen LogP contribution in [0.25, 0.3) is 0 Å². The number of phenolic OH excluding ortho intramolecular Hbond substituents is 1. The Balaban J connectivity index is 2.06. The fourth-order valence-corrected chi connectivity index (χ4v) is 4.86. The van der Waals surface area contributed by atoms with Crippen molar-refractivity contribution in [2.24, 2.45) is 0 Å². The van der Waals surface area contributed by atoms with E-state index in [-0.39, 0.29) is 11.3 Å². The highest BCUT2D eigenvalue weighted by molar-refractivity contribution is 7.97. The van der Waals surface area contributed by atoms with E-state index in [1.54, 1.807) is 18.0 Å². The zero-order valence-corrected chi connectivity index (χ0v) is 17.7. The van der Waals surface area contributed by atoms with E-state index >= 15 is 0 Å². The average molecular weight is 405 g/mol. The number of hydrogen-bond donors (Lipinski definition) is 2. The fraction of sp³-hybridized carbons (Fsp3) is 0.455. The zero-order chi connectivity index (χ0) is 19.3. The minimum Gasteiger partial charge on any atom is -0.506 e. The first-order valence-corrected chi connectivity index (χ1v) is 11.1. The lowest BCUT2D eigenvalue weighted by atomic mass is 9.87. The Bertz CT molecular complexity index is 745. The summed E-state index contributed by atoms with van der Waals surface area (Å²) in [5.41, 5.74) is 2.23. The third-order valence-corrected chi connectivity index (χ3v) is 6.63. The third kappa shape index (κ3) is 4.74. The number of para-hydroxylation sites is 1. The van der Waals surface area contributed by atoms with Gasteiger partial charge in [-0.15, -0.1) is 0 Å². The summed E-state index contributed by atoms with van der Waals surface area (Å²) < 4.78 is 3.79. The van der Waals surface area contributed by atoms with E-state index in [0.717, 1.165) is 35.7 Å². The van der Waals surface area contributed by atoms with Crippen LogP contribution in [0.15, 0.2) is 47.4 Å². The molecule has 0 saturated carbocycles. The standard InChI is InChI=1S/C22H29ClN2OS/c1-3-5-12-22(13-6-4-2)16-25(17-10-8-7-9-11-17)19-14-18(23)20(26)15-21(19)27-24-22/h7-11,14-15,24,26H,3-6,12-13,16H2,1-2H3. The predicted octanol–water partition coefficient (Wildman–Crippen LogP) is 6.91. The van der Waals surface area contributed by atoms with Crippen LogP contribution in [0, 0.1) is 0 Å². The van der Waals surface area contributed by atoms with Gasteiger partial charge in [0.05, 0.1) is 15.6 Å². The summed E-state index contributed by atoms with van der Waals surface area (Å²) in [4.78, 5) is 3.37. The molecule has 146 valence electrons. The summed E-state index contributed by atoms with van der Waals surface area (Å²) in [6.45, 7) is 5.38. The monoisotopic (exact) mass is 404 g/mol. The minimum absolute atomic E-state index is 0.0215. The SMILES string of the molecule is CCCCC1(CCCC)CN(c2ccccc2)c2cc(Cl)c(O)cc2SN1. The molecule has 0 saturated heterocycles. The Hall–Kier alpha value is -1.36. The van der Waals surface area contributed by atoms with Crippen LogP contribution < -0.4 is 9.62 Å². The van der Waals surface area contributed by atoms with Crippen LogP contribution in [0.5, 0.6) is 5.75 Å². The van der Waals surface area contributed by atoms with Gasteiger partial charge in [0.15, 0.2) is 0 Å². The van der Waals surface area contributed by atoms with Gasteiger partial charge < -0.3 is 10.0 Å². The molecule has 5 heteroatoms. The Kier molecular flexibility index (Phi) is 6.96. The van der Waals surface area contributed by atoms with Gasteiger partial charge in [0, 0.05) is 17.8 Å². The summed E-state index contributed by atoms with van der Waals surface area (Å²) in [5, 5.41) is 10.5. The summed E-state index contributed by atoms with van der Waals surface area (Å²) in [6, 6.07) is 14.1. The van der Waals surface area contributed by atoms with E-state index in [4.69, 9.17) is 11.6 Å². The molecule has 0 bridgehead atoms. The highest BCUT2D eigenvalue weighted by atomic mass is 35.5. The quantitative estimate of drug-likeness (QED) is 0.491. The number of nitrogens with zero attached hydrogens (tertiary/aromatic N) is 1. The number of unbranched alkanes of at least 4 members (excludes halogenated alkanes) is 2. The highest BCUT2D eigenvalue weighted by Gasteiger charge is 2.36. The molecule has 0 amide bonds. The van der Waals surface area contributed by atoms with Crippen LogP contribution in [-0.2, 0) is 0 Å². The largest absolute Gasteiger partial charge is 0.506 e. The molecule has 3 nitrogen and oxygen atoms in total. The molecule has 27 heavy (non-hydrogen) atoms. The van der Waals surface area contributed by atoms with Crippen molar-refractivity contribution in [1.29, 1.82) is 0 Å².